The van der Waals surface area contributed by atoms with Crippen molar-refractivity contribution in [3.63, 3.8) is 0 Å². The average Bonchev–Trinajstić information content (AvgIpc) is 3.01. The molecule has 0 aromatic heterocycles. The summed E-state index contributed by atoms with van der Waals surface area (Å²) in [5, 5.41) is 18.8. The van der Waals surface area contributed by atoms with Crippen LogP contribution in [-0.2, 0) is 15.6 Å². The first-order chi connectivity index (χ1) is 15.4. The van der Waals surface area contributed by atoms with Crippen molar-refractivity contribution in [2.24, 2.45) is 4.99 Å². The van der Waals surface area contributed by atoms with Gasteiger partial charge in [-0.25, -0.2) is 4.21 Å². The second-order valence-corrected chi connectivity index (χ2v) is 8.96. The molecule has 1 saturated heterocycles. The number of para-hydroxylation sites is 1. The lowest BCUT2D eigenvalue weighted by atomic mass is 10.1. The molecule has 0 aliphatic carbocycles. The van der Waals surface area contributed by atoms with E-state index in [-0.39, 0.29) is 21.7 Å². The van der Waals surface area contributed by atoms with E-state index in [1.807, 2.05) is 32.0 Å². The molecule has 32 heavy (non-hydrogen) atoms. The Kier molecular flexibility index (Phi) is 8.20. The molecule has 1 aliphatic rings. The van der Waals surface area contributed by atoms with E-state index in [9.17, 15) is 14.1 Å². The molecular formula is C23H25ClN2O5S. The Labute approximate surface area is 194 Å². The fourth-order valence-electron chi connectivity index (χ4n) is 3.05. The predicted octanol–water partition coefficient (Wildman–Crippen LogP) is 3.28. The smallest absolute Gasteiger partial charge is 0.274 e. The molecule has 0 bridgehead atoms. The van der Waals surface area contributed by atoms with Crippen molar-refractivity contribution < 1.29 is 24.0 Å². The van der Waals surface area contributed by atoms with Crippen LogP contribution in [0.15, 0.2) is 52.4 Å². The van der Waals surface area contributed by atoms with Crippen molar-refractivity contribution in [3.8, 4) is 5.75 Å². The van der Waals surface area contributed by atoms with Crippen molar-refractivity contribution in [1.29, 1.82) is 0 Å². The number of benzene rings is 2. The maximum atomic E-state index is 13.3. The van der Waals surface area contributed by atoms with Crippen LogP contribution in [0.5, 0.6) is 5.75 Å². The average molecular weight is 477 g/mol. The van der Waals surface area contributed by atoms with Crippen molar-refractivity contribution in [2.75, 3.05) is 24.7 Å². The summed E-state index contributed by atoms with van der Waals surface area (Å²) in [5.41, 5.74) is 2.09. The highest BCUT2D eigenvalue weighted by molar-refractivity contribution is 8.06. The van der Waals surface area contributed by atoms with Crippen LogP contribution in [0, 0.1) is 6.92 Å². The van der Waals surface area contributed by atoms with Crippen LogP contribution < -0.4 is 9.64 Å². The molecule has 0 saturated carbocycles. The van der Waals surface area contributed by atoms with Gasteiger partial charge in [0.1, 0.15) is 34.2 Å². The molecular weight excluding hydrogens is 452 g/mol. The van der Waals surface area contributed by atoms with Gasteiger partial charge in [-0.05, 0) is 48.7 Å². The molecule has 2 atom stereocenters. The van der Waals surface area contributed by atoms with E-state index in [4.69, 9.17) is 21.4 Å². The Morgan fingerprint density at radius 2 is 2.03 bits per heavy atom. The second-order valence-electron chi connectivity index (χ2n) is 7.21. The Hall–Kier alpha value is -2.52. The van der Waals surface area contributed by atoms with Gasteiger partial charge < -0.3 is 14.9 Å². The number of hydrogen-bond acceptors (Lipinski definition) is 6. The zero-order valence-corrected chi connectivity index (χ0v) is 19.4. The van der Waals surface area contributed by atoms with Gasteiger partial charge >= 0.3 is 0 Å². The molecule has 3 rings (SSSR count). The lowest BCUT2D eigenvalue weighted by Crippen LogP contribution is -2.30. The lowest BCUT2D eigenvalue weighted by molar-refractivity contribution is -0.113. The SMILES string of the molecule is CCCN=C1N(c2ccccc2C)C(=O)/C(=C/c2ccc(OC[C@@H](O)CO)c(Cl)c2)S1=O. The summed E-state index contributed by atoms with van der Waals surface area (Å²) >= 11 is 6.26. The molecule has 7 nitrogen and oxygen atoms in total. The normalized spacial score (nSPS) is 19.7. The van der Waals surface area contributed by atoms with Crippen LogP contribution in [0.2, 0.25) is 5.02 Å². The van der Waals surface area contributed by atoms with E-state index in [1.54, 1.807) is 24.3 Å². The molecule has 0 radical (unpaired) electrons. The van der Waals surface area contributed by atoms with Crippen LogP contribution >= 0.6 is 11.6 Å². The lowest BCUT2D eigenvalue weighted by Gasteiger charge is -2.17. The van der Waals surface area contributed by atoms with Gasteiger partial charge in [0.05, 0.1) is 17.3 Å². The zero-order valence-electron chi connectivity index (χ0n) is 17.8. The number of hydrogen-bond donors (Lipinski definition) is 2. The summed E-state index contributed by atoms with van der Waals surface area (Å²) in [5.74, 6) is -0.0677. The molecule has 0 spiro atoms. The number of aliphatic hydroxyl groups excluding tert-OH is 2. The van der Waals surface area contributed by atoms with E-state index in [0.717, 1.165) is 12.0 Å². The number of aliphatic hydroxyl groups is 2. The molecule has 170 valence electrons. The zero-order chi connectivity index (χ0) is 23.3. The van der Waals surface area contributed by atoms with Gasteiger partial charge in [0.2, 0.25) is 5.17 Å². The summed E-state index contributed by atoms with van der Waals surface area (Å²) in [6.07, 6.45) is 1.29. The molecule has 9 heteroatoms. The number of ether oxygens (including phenoxy) is 1. The minimum absolute atomic E-state index is 0.109. The monoisotopic (exact) mass is 476 g/mol. The number of amides is 1. The number of carbonyl (C=O) groups is 1. The highest BCUT2D eigenvalue weighted by Crippen LogP contribution is 2.32. The first-order valence-corrected chi connectivity index (χ1v) is 11.7. The first kappa shape index (κ1) is 24.1. The van der Waals surface area contributed by atoms with Crippen LogP contribution in [0.25, 0.3) is 6.08 Å². The summed E-state index contributed by atoms with van der Waals surface area (Å²) in [7, 11) is -1.74. The predicted molar refractivity (Wildman–Crippen MR) is 127 cm³/mol. The number of carbonyl (C=O) groups excluding carboxylic acids is 1. The van der Waals surface area contributed by atoms with E-state index in [2.05, 4.69) is 4.99 Å². The van der Waals surface area contributed by atoms with Crippen LogP contribution in [0.4, 0.5) is 5.69 Å². The van der Waals surface area contributed by atoms with E-state index < -0.39 is 29.4 Å². The third kappa shape index (κ3) is 5.27. The van der Waals surface area contributed by atoms with Gasteiger partial charge in [-0.1, -0.05) is 42.8 Å². The summed E-state index contributed by atoms with van der Waals surface area (Å²) in [6, 6.07) is 12.2. The minimum atomic E-state index is -1.74. The maximum absolute atomic E-state index is 13.3. The van der Waals surface area contributed by atoms with Crippen molar-refractivity contribution >= 4 is 45.2 Å². The van der Waals surface area contributed by atoms with Crippen molar-refractivity contribution in [2.45, 2.75) is 26.4 Å². The summed E-state index contributed by atoms with van der Waals surface area (Å²) in [6.45, 7) is 3.78. The van der Waals surface area contributed by atoms with Gasteiger partial charge in [-0.2, -0.15) is 0 Å². The maximum Gasteiger partial charge on any atom is 0.274 e. The van der Waals surface area contributed by atoms with Gasteiger partial charge in [-0.15, -0.1) is 0 Å². The number of nitrogens with zero attached hydrogens (tertiary/aromatic N) is 2. The largest absolute Gasteiger partial charge is 0.489 e. The number of rotatable bonds is 8. The van der Waals surface area contributed by atoms with Crippen LogP contribution in [0.3, 0.4) is 0 Å². The highest BCUT2D eigenvalue weighted by Gasteiger charge is 2.40. The van der Waals surface area contributed by atoms with Gasteiger partial charge in [-0.3, -0.25) is 14.7 Å². The third-order valence-corrected chi connectivity index (χ3v) is 6.32. The minimum Gasteiger partial charge on any atom is -0.489 e. The fraction of sp³-hybridized carbons (Fsp3) is 0.304. The van der Waals surface area contributed by atoms with E-state index >= 15 is 0 Å². The first-order valence-electron chi connectivity index (χ1n) is 10.2. The fourth-order valence-corrected chi connectivity index (χ4v) is 4.54. The van der Waals surface area contributed by atoms with Crippen LogP contribution in [0.1, 0.15) is 24.5 Å². The summed E-state index contributed by atoms with van der Waals surface area (Å²) < 4.78 is 18.6. The quantitative estimate of drug-likeness (QED) is 0.569. The van der Waals surface area contributed by atoms with E-state index in [0.29, 0.717) is 23.5 Å². The van der Waals surface area contributed by atoms with Crippen molar-refractivity contribution in [1.82, 2.24) is 0 Å². The topological polar surface area (TPSA) is 99.4 Å². The molecule has 1 amide bonds. The number of aliphatic imine (C=N–C) groups is 1. The molecule has 1 aliphatic heterocycles. The molecule has 2 aromatic rings. The Bertz CT molecular complexity index is 1090. The van der Waals surface area contributed by atoms with Gasteiger partial charge in [0, 0.05) is 6.54 Å². The number of amidine groups is 1. The molecule has 2 N–H and O–H groups in total. The molecule has 2 aromatic carbocycles. The molecule has 1 unspecified atom stereocenters. The number of anilines is 1. The Morgan fingerprint density at radius 3 is 2.69 bits per heavy atom. The third-order valence-electron chi connectivity index (χ3n) is 4.69. The standard InChI is InChI=1S/C23H25ClN2O5S/c1-3-10-25-23-26(19-7-5-4-6-15(19)2)22(29)21(32(23)30)12-16-8-9-20(18(24)11-16)31-14-17(28)13-27/h4-9,11-12,17,27-28H,3,10,13-14H2,1-2H3/b21-12-,25-23?/t17-,32?/m0/s1. The highest BCUT2D eigenvalue weighted by atomic mass is 35.5. The Morgan fingerprint density at radius 1 is 1.28 bits per heavy atom. The van der Waals surface area contributed by atoms with Crippen molar-refractivity contribution in [3.05, 3.63) is 63.5 Å². The summed E-state index contributed by atoms with van der Waals surface area (Å²) in [4.78, 5) is 19.3. The Balaban J connectivity index is 1.95. The number of aryl methyl sites for hydroxylation is 1. The number of halogens is 1. The second kappa shape index (κ2) is 10.9. The van der Waals surface area contributed by atoms with Gasteiger partial charge in [0.25, 0.3) is 5.91 Å². The van der Waals surface area contributed by atoms with Crippen LogP contribution in [-0.4, -0.2) is 51.4 Å². The molecule has 1 heterocycles. The molecule has 1 fully saturated rings. The van der Waals surface area contributed by atoms with Gasteiger partial charge in [0.15, 0.2) is 0 Å². The van der Waals surface area contributed by atoms with E-state index in [1.165, 1.54) is 11.0 Å².